The second-order valence-electron chi connectivity index (χ2n) is 16.1. The topological polar surface area (TPSA) is 178 Å². The summed E-state index contributed by atoms with van der Waals surface area (Å²) < 4.78 is 41.5. The summed E-state index contributed by atoms with van der Waals surface area (Å²) in [6.07, 6.45) is 6.86. The van der Waals surface area contributed by atoms with E-state index in [1.165, 1.54) is 32.5 Å². The quantitative estimate of drug-likeness (QED) is 0.106. The third-order valence-electron chi connectivity index (χ3n) is 12.4. The van der Waals surface area contributed by atoms with Crippen LogP contribution in [0.25, 0.3) is 11.3 Å². The van der Waals surface area contributed by atoms with Crippen molar-refractivity contribution in [1.82, 2.24) is 40.4 Å². The summed E-state index contributed by atoms with van der Waals surface area (Å²) in [5, 5.41) is 5.36. The van der Waals surface area contributed by atoms with Gasteiger partial charge in [0.1, 0.15) is 41.1 Å². The van der Waals surface area contributed by atoms with Crippen molar-refractivity contribution in [2.24, 2.45) is 0 Å². The minimum absolute atomic E-state index is 0.0587. The number of rotatable bonds is 11. The molecule has 4 N–H and O–H groups in total. The first-order valence-corrected chi connectivity index (χ1v) is 21.4. The van der Waals surface area contributed by atoms with Crippen molar-refractivity contribution >= 4 is 29.7 Å². The first-order chi connectivity index (χ1) is 30.6. The number of carbonyl (C=O) groups excluding carboxylic acids is 4. The van der Waals surface area contributed by atoms with E-state index in [9.17, 15) is 19.2 Å². The zero-order valence-corrected chi connectivity index (χ0v) is 35.2. The number of methoxy groups -OCH3 is 2. The fourth-order valence-electron chi connectivity index (χ4n) is 9.16. The van der Waals surface area contributed by atoms with Crippen LogP contribution in [0.4, 0.5) is 24.1 Å². The van der Waals surface area contributed by atoms with E-state index < -0.39 is 41.9 Å². The van der Waals surface area contributed by atoms with Gasteiger partial charge in [0, 0.05) is 49.6 Å². The molecule has 17 heteroatoms. The fourth-order valence-corrected chi connectivity index (χ4v) is 9.16. The number of amides is 4. The van der Waals surface area contributed by atoms with Crippen molar-refractivity contribution in [2.75, 3.05) is 45.3 Å². The summed E-state index contributed by atoms with van der Waals surface area (Å²) in [6.45, 7) is 1.77. The lowest BCUT2D eigenvalue weighted by molar-refractivity contribution is -0.137. The standard InChI is InChI=1S/C46H51F2N9O6/c1-62-45(60)53-38(29-12-5-3-6-13-29)43(58)56-20-10-9-16-36(56)41-49-26-34(51-41)28-18-22-55(23-19-28)40-32(47)24-31(25-33(40)48)35-27-50-42(52-35)37-17-11-21-57(37)44(59)39(54-46(61)63-2)30-14-7-4-8-15-30/h3-8,12-15,24-28,36-39H,9-11,16-23H2,1-2H3,(H,49,51)(H,50,52)(H,53,60)(H,54,61)/t36?,37-,38+,39+/m0/s1. The highest BCUT2D eigenvalue weighted by molar-refractivity contribution is 5.88. The van der Waals surface area contributed by atoms with Gasteiger partial charge >= 0.3 is 12.2 Å². The smallest absolute Gasteiger partial charge is 0.407 e. The van der Waals surface area contributed by atoms with Gasteiger partial charge in [0.2, 0.25) is 0 Å². The van der Waals surface area contributed by atoms with Gasteiger partial charge in [-0.3, -0.25) is 9.59 Å². The molecule has 3 aromatic carbocycles. The van der Waals surface area contributed by atoms with Crippen LogP contribution in [0.15, 0.2) is 85.2 Å². The molecular weight excluding hydrogens is 813 g/mol. The number of benzene rings is 3. The number of likely N-dealkylation sites (tertiary alicyclic amines) is 2. The molecule has 2 aromatic heterocycles. The number of aromatic nitrogens is 4. The summed E-state index contributed by atoms with van der Waals surface area (Å²) >= 11 is 0. The molecule has 0 radical (unpaired) electrons. The van der Waals surface area contributed by atoms with Gasteiger partial charge in [-0.15, -0.1) is 0 Å². The van der Waals surface area contributed by atoms with E-state index in [0.29, 0.717) is 86.8 Å². The monoisotopic (exact) mass is 863 g/mol. The lowest BCUT2D eigenvalue weighted by Gasteiger charge is -2.37. The van der Waals surface area contributed by atoms with E-state index in [2.05, 4.69) is 25.6 Å². The van der Waals surface area contributed by atoms with Crippen molar-refractivity contribution in [2.45, 2.75) is 75.0 Å². The number of aromatic amines is 2. The van der Waals surface area contributed by atoms with Crippen LogP contribution in [0.5, 0.6) is 0 Å². The van der Waals surface area contributed by atoms with Crippen molar-refractivity contribution in [3.63, 3.8) is 0 Å². The van der Waals surface area contributed by atoms with Crippen LogP contribution in [-0.2, 0) is 19.1 Å². The minimum atomic E-state index is -0.978. The molecule has 4 amide bonds. The van der Waals surface area contributed by atoms with Gasteiger partial charge in [-0.2, -0.15) is 0 Å². The molecule has 0 saturated carbocycles. The molecule has 4 atom stereocenters. The van der Waals surface area contributed by atoms with Gasteiger partial charge in [-0.1, -0.05) is 60.7 Å². The van der Waals surface area contributed by atoms with Crippen molar-refractivity contribution in [3.8, 4) is 11.3 Å². The van der Waals surface area contributed by atoms with Gasteiger partial charge in [0.05, 0.1) is 38.2 Å². The van der Waals surface area contributed by atoms with Crippen LogP contribution < -0.4 is 15.5 Å². The maximum atomic E-state index is 15.9. The molecule has 0 aliphatic carbocycles. The van der Waals surface area contributed by atoms with Crippen LogP contribution >= 0.6 is 0 Å². The van der Waals surface area contributed by atoms with Gasteiger partial charge < -0.3 is 44.8 Å². The predicted octanol–water partition coefficient (Wildman–Crippen LogP) is 7.37. The minimum Gasteiger partial charge on any atom is -0.453 e. The number of alkyl carbamates (subject to hydrolysis) is 2. The van der Waals surface area contributed by atoms with Crippen LogP contribution in [0.2, 0.25) is 0 Å². The van der Waals surface area contributed by atoms with E-state index in [4.69, 9.17) is 14.5 Å². The molecule has 1 unspecified atom stereocenters. The van der Waals surface area contributed by atoms with Crippen molar-refractivity contribution in [1.29, 1.82) is 0 Å². The van der Waals surface area contributed by atoms with Gasteiger partial charge in [-0.05, 0) is 68.2 Å². The zero-order chi connectivity index (χ0) is 44.0. The van der Waals surface area contributed by atoms with E-state index >= 15 is 8.78 Å². The van der Waals surface area contributed by atoms with E-state index in [1.54, 1.807) is 57.3 Å². The third-order valence-corrected chi connectivity index (χ3v) is 12.4. The lowest BCUT2D eigenvalue weighted by Crippen LogP contribution is -2.46. The number of nitrogens with one attached hydrogen (secondary N) is 4. The largest absolute Gasteiger partial charge is 0.453 e. The number of H-pyrrole nitrogens is 2. The molecule has 5 heterocycles. The summed E-state index contributed by atoms with van der Waals surface area (Å²) in [6, 6.07) is 17.9. The maximum Gasteiger partial charge on any atom is 0.407 e. The molecule has 15 nitrogen and oxygen atoms in total. The van der Waals surface area contributed by atoms with E-state index in [1.807, 2.05) is 24.3 Å². The molecule has 0 bridgehead atoms. The number of halogens is 2. The Bertz CT molecular complexity index is 2380. The van der Waals surface area contributed by atoms with Crippen LogP contribution in [0, 0.1) is 11.6 Å². The summed E-state index contributed by atoms with van der Waals surface area (Å²) in [4.78, 5) is 73.6. The molecule has 330 valence electrons. The number of imidazole rings is 2. The number of carbonyl (C=O) groups is 4. The number of ether oxygens (including phenoxy) is 2. The van der Waals surface area contributed by atoms with E-state index in [-0.39, 0.29) is 35.0 Å². The zero-order valence-electron chi connectivity index (χ0n) is 35.2. The Morgan fingerprint density at radius 2 is 1.17 bits per heavy atom. The molecule has 3 aliphatic rings. The summed E-state index contributed by atoms with van der Waals surface area (Å²) in [7, 11) is 2.50. The summed E-state index contributed by atoms with van der Waals surface area (Å²) in [5.41, 5.74) is 2.75. The molecule has 3 aliphatic heterocycles. The Balaban J connectivity index is 0.920. The number of hydrogen-bond acceptors (Lipinski definition) is 9. The van der Waals surface area contributed by atoms with Crippen LogP contribution in [0.3, 0.4) is 0 Å². The van der Waals surface area contributed by atoms with Gasteiger partial charge in [0.25, 0.3) is 11.8 Å². The van der Waals surface area contributed by atoms with Crippen LogP contribution in [-0.4, -0.2) is 94.1 Å². The first-order valence-electron chi connectivity index (χ1n) is 21.4. The maximum absolute atomic E-state index is 15.9. The number of hydrogen-bond donors (Lipinski definition) is 4. The molecular formula is C46H51F2N9O6. The van der Waals surface area contributed by atoms with Crippen molar-refractivity contribution in [3.05, 3.63) is 125 Å². The average molecular weight is 864 g/mol. The van der Waals surface area contributed by atoms with E-state index in [0.717, 1.165) is 18.5 Å². The summed E-state index contributed by atoms with van der Waals surface area (Å²) in [5.74, 6) is -0.762. The Morgan fingerprint density at radius 3 is 1.73 bits per heavy atom. The van der Waals surface area contributed by atoms with Gasteiger partial charge in [-0.25, -0.2) is 28.3 Å². The third kappa shape index (κ3) is 9.22. The second kappa shape index (κ2) is 19.1. The fraction of sp³-hybridized carbons (Fsp3) is 0.391. The van der Waals surface area contributed by atoms with Crippen molar-refractivity contribution < 1.29 is 37.4 Å². The Labute approximate surface area is 363 Å². The average Bonchev–Trinajstić information content (AvgIpc) is 4.12. The molecule has 0 spiro atoms. The highest BCUT2D eigenvalue weighted by Gasteiger charge is 2.38. The molecule has 3 fully saturated rings. The van der Waals surface area contributed by atoms with Crippen LogP contribution in [0.1, 0.15) is 104 Å². The highest BCUT2D eigenvalue weighted by atomic mass is 19.1. The highest BCUT2D eigenvalue weighted by Crippen LogP contribution is 2.38. The molecule has 8 rings (SSSR count). The molecule has 3 saturated heterocycles. The second-order valence-corrected chi connectivity index (χ2v) is 16.1. The number of nitrogens with zero attached hydrogens (tertiary/aromatic N) is 5. The molecule has 63 heavy (non-hydrogen) atoms. The normalized spacial score (nSPS) is 19.0. The predicted molar refractivity (Wildman–Crippen MR) is 228 cm³/mol. The van der Waals surface area contributed by atoms with Gasteiger partial charge in [0.15, 0.2) is 0 Å². The Morgan fingerprint density at radius 1 is 0.667 bits per heavy atom. The molecule has 5 aromatic rings. The Hall–Kier alpha value is -6.78. The lowest BCUT2D eigenvalue weighted by atomic mass is 9.93. The first kappa shape index (κ1) is 42.9. The SMILES string of the molecule is COC(=O)N[C@@H](C(=O)N1CCCCC1c1ncc(C2CCN(c3c(F)cc(-c4cnc([C@@H]5CCCN5C(=O)[C@H](NC(=O)OC)c5ccccc5)[nH]4)cc3F)CC2)[nH]1)c1ccccc1. The Kier molecular flexibility index (Phi) is 13.0. The number of anilines is 1. The number of piperidine rings is 2.